The third-order valence-electron chi connectivity index (χ3n) is 3.26. The zero-order chi connectivity index (χ0) is 18.1. The van der Waals surface area contributed by atoms with Crippen LogP contribution in [-0.4, -0.2) is 68.4 Å². The molecule has 0 saturated carbocycles. The molecule has 0 atom stereocenters. The molecule has 0 radical (unpaired) electrons. The van der Waals surface area contributed by atoms with Gasteiger partial charge in [-0.15, -0.1) is 0 Å². The number of amides is 1. The molecule has 0 fully saturated rings. The summed E-state index contributed by atoms with van der Waals surface area (Å²) < 4.78 is 5.18. The maximum atomic E-state index is 11.5. The van der Waals surface area contributed by atoms with E-state index in [9.17, 15) is 4.79 Å². The molecular weight excluding hydrogens is 294 g/mol. The summed E-state index contributed by atoms with van der Waals surface area (Å²) in [5.41, 5.74) is -0.497. The van der Waals surface area contributed by atoms with Crippen molar-refractivity contribution in [2.75, 3.05) is 40.3 Å². The van der Waals surface area contributed by atoms with Crippen LogP contribution >= 0.6 is 0 Å². The molecule has 0 aliphatic carbocycles. The van der Waals surface area contributed by atoms with Gasteiger partial charge in [-0.25, -0.2) is 4.79 Å². The summed E-state index contributed by atoms with van der Waals surface area (Å²) in [6, 6.07) is 0. The fourth-order valence-corrected chi connectivity index (χ4v) is 1.42. The molecule has 0 heterocycles. The van der Waals surface area contributed by atoms with Gasteiger partial charge in [-0.3, -0.25) is 4.99 Å². The molecule has 3 N–H and O–H groups in total. The first-order valence-electron chi connectivity index (χ1n) is 8.14. The number of aliphatic imine (C=N–C) groups is 1. The molecule has 0 rings (SSSR count). The highest BCUT2D eigenvalue weighted by Crippen LogP contribution is 2.09. The highest BCUT2D eigenvalue weighted by molar-refractivity contribution is 5.79. The predicted molar refractivity (Wildman–Crippen MR) is 96.0 cm³/mol. The molecule has 23 heavy (non-hydrogen) atoms. The molecule has 0 spiro atoms. The average Bonchev–Trinajstić information content (AvgIpc) is 2.38. The average molecular weight is 329 g/mol. The Bertz CT molecular complexity index is 386. The predicted octanol–water partition coefficient (Wildman–Crippen LogP) is 1.41. The monoisotopic (exact) mass is 329 g/mol. The van der Waals surface area contributed by atoms with Crippen LogP contribution in [0.1, 0.15) is 41.5 Å². The third kappa shape index (κ3) is 10.8. The Kier molecular flexibility index (Phi) is 8.97. The Hall–Kier alpha value is -1.50. The fourth-order valence-electron chi connectivity index (χ4n) is 1.42. The minimum absolute atomic E-state index is 0.0168. The molecule has 7 nitrogen and oxygen atoms in total. The van der Waals surface area contributed by atoms with Crippen LogP contribution in [0.2, 0.25) is 0 Å². The van der Waals surface area contributed by atoms with E-state index in [4.69, 9.17) is 4.74 Å². The van der Waals surface area contributed by atoms with E-state index in [2.05, 4.69) is 39.7 Å². The molecule has 0 saturated heterocycles. The quantitative estimate of drug-likeness (QED) is 0.374. The fraction of sp³-hybridized carbons (Fsp3) is 0.875. The number of hydrogen-bond acceptors (Lipinski definition) is 4. The largest absolute Gasteiger partial charge is 0.444 e. The Balaban J connectivity index is 4.27. The summed E-state index contributed by atoms with van der Waals surface area (Å²) in [6.45, 7) is 14.3. The molecule has 0 aromatic rings. The zero-order valence-corrected chi connectivity index (χ0v) is 16.0. The van der Waals surface area contributed by atoms with E-state index in [1.807, 2.05) is 41.8 Å². The van der Waals surface area contributed by atoms with Crippen molar-refractivity contribution in [2.24, 2.45) is 4.99 Å². The van der Waals surface area contributed by atoms with Gasteiger partial charge in [0.1, 0.15) is 5.60 Å². The summed E-state index contributed by atoms with van der Waals surface area (Å²) in [5.74, 6) is 0.744. The van der Waals surface area contributed by atoms with E-state index in [1.165, 1.54) is 0 Å². The molecular formula is C16H35N5O2. The Morgan fingerprint density at radius 2 is 1.61 bits per heavy atom. The van der Waals surface area contributed by atoms with Gasteiger partial charge in [-0.2, -0.15) is 0 Å². The van der Waals surface area contributed by atoms with Crippen molar-refractivity contribution in [1.29, 1.82) is 0 Å². The Morgan fingerprint density at radius 1 is 1.04 bits per heavy atom. The number of rotatable bonds is 7. The lowest BCUT2D eigenvalue weighted by atomic mass is 10.1. The molecule has 0 bridgehead atoms. The van der Waals surface area contributed by atoms with Gasteiger partial charge in [-0.1, -0.05) is 0 Å². The van der Waals surface area contributed by atoms with Crippen LogP contribution < -0.4 is 16.0 Å². The van der Waals surface area contributed by atoms with Crippen LogP contribution in [0.4, 0.5) is 4.79 Å². The number of guanidine groups is 1. The topological polar surface area (TPSA) is 78.0 Å². The van der Waals surface area contributed by atoms with Crippen LogP contribution in [0, 0.1) is 0 Å². The summed E-state index contributed by atoms with van der Waals surface area (Å²) >= 11 is 0. The number of carbonyl (C=O) groups excluding carboxylic acids is 1. The number of hydrogen-bond donors (Lipinski definition) is 3. The van der Waals surface area contributed by atoms with Crippen molar-refractivity contribution in [1.82, 2.24) is 20.9 Å². The SMILES string of the molecule is CCNC(=NCC(C)(C)N(C)C)NCCNC(=O)OC(C)(C)C. The lowest BCUT2D eigenvalue weighted by Gasteiger charge is -2.31. The van der Waals surface area contributed by atoms with Gasteiger partial charge in [0.25, 0.3) is 0 Å². The maximum Gasteiger partial charge on any atom is 0.407 e. The minimum Gasteiger partial charge on any atom is -0.444 e. The van der Waals surface area contributed by atoms with Crippen molar-refractivity contribution in [3.8, 4) is 0 Å². The van der Waals surface area contributed by atoms with E-state index in [0.717, 1.165) is 12.5 Å². The van der Waals surface area contributed by atoms with Crippen molar-refractivity contribution in [3.63, 3.8) is 0 Å². The lowest BCUT2D eigenvalue weighted by Crippen LogP contribution is -2.45. The van der Waals surface area contributed by atoms with Crippen molar-refractivity contribution >= 4 is 12.1 Å². The van der Waals surface area contributed by atoms with Gasteiger partial charge in [0.05, 0.1) is 6.54 Å². The van der Waals surface area contributed by atoms with E-state index in [-0.39, 0.29) is 5.54 Å². The maximum absolute atomic E-state index is 11.5. The lowest BCUT2D eigenvalue weighted by molar-refractivity contribution is 0.0529. The highest BCUT2D eigenvalue weighted by atomic mass is 16.6. The van der Waals surface area contributed by atoms with E-state index >= 15 is 0 Å². The van der Waals surface area contributed by atoms with Crippen molar-refractivity contribution in [2.45, 2.75) is 52.7 Å². The number of carbonyl (C=O) groups is 1. The van der Waals surface area contributed by atoms with E-state index in [1.54, 1.807) is 0 Å². The number of nitrogens with zero attached hydrogens (tertiary/aromatic N) is 2. The molecule has 0 aliphatic rings. The molecule has 1 amide bonds. The molecule has 0 aliphatic heterocycles. The zero-order valence-electron chi connectivity index (χ0n) is 16.0. The normalized spacial score (nSPS) is 13.0. The standard InChI is InChI=1S/C16H35N5O2/c1-9-17-13(20-12-16(5,6)21(7)8)18-10-11-19-14(22)23-15(2,3)4/h9-12H2,1-8H3,(H,19,22)(H2,17,18,20). The first-order valence-corrected chi connectivity index (χ1v) is 8.14. The smallest absolute Gasteiger partial charge is 0.407 e. The molecule has 136 valence electrons. The van der Waals surface area contributed by atoms with E-state index in [0.29, 0.717) is 19.6 Å². The number of nitrogens with one attached hydrogen (secondary N) is 3. The second kappa shape index (κ2) is 9.60. The number of likely N-dealkylation sites (N-methyl/N-ethyl adjacent to an activating group) is 1. The summed E-state index contributed by atoms with van der Waals surface area (Å²) in [4.78, 5) is 18.3. The molecule has 7 heteroatoms. The van der Waals surface area contributed by atoms with Crippen molar-refractivity contribution < 1.29 is 9.53 Å². The second-order valence-electron chi connectivity index (χ2n) is 7.26. The van der Waals surface area contributed by atoms with Crippen LogP contribution in [0.25, 0.3) is 0 Å². The first-order chi connectivity index (χ1) is 10.5. The Labute approximate surface area is 141 Å². The molecule has 0 aromatic carbocycles. The summed E-state index contributed by atoms with van der Waals surface area (Å²) in [7, 11) is 4.08. The van der Waals surface area contributed by atoms with Gasteiger partial charge in [0.15, 0.2) is 5.96 Å². The van der Waals surface area contributed by atoms with Gasteiger partial charge in [0.2, 0.25) is 0 Å². The number of alkyl carbamates (subject to hydrolysis) is 1. The van der Waals surface area contributed by atoms with Crippen LogP contribution in [0.3, 0.4) is 0 Å². The number of ether oxygens (including phenoxy) is 1. The van der Waals surface area contributed by atoms with Gasteiger partial charge >= 0.3 is 6.09 Å². The highest BCUT2D eigenvalue weighted by Gasteiger charge is 2.20. The molecule has 0 aromatic heterocycles. The van der Waals surface area contributed by atoms with Gasteiger partial charge in [0, 0.05) is 25.2 Å². The van der Waals surface area contributed by atoms with E-state index < -0.39 is 11.7 Å². The van der Waals surface area contributed by atoms with Crippen LogP contribution in [0.15, 0.2) is 4.99 Å². The second-order valence-corrected chi connectivity index (χ2v) is 7.26. The van der Waals surface area contributed by atoms with Crippen LogP contribution in [-0.2, 0) is 4.74 Å². The third-order valence-corrected chi connectivity index (χ3v) is 3.26. The van der Waals surface area contributed by atoms with Gasteiger partial charge in [-0.05, 0) is 55.6 Å². The Morgan fingerprint density at radius 3 is 2.09 bits per heavy atom. The first kappa shape index (κ1) is 21.5. The van der Waals surface area contributed by atoms with Crippen LogP contribution in [0.5, 0.6) is 0 Å². The summed E-state index contributed by atoms with van der Waals surface area (Å²) in [6.07, 6.45) is -0.407. The van der Waals surface area contributed by atoms with Gasteiger partial charge < -0.3 is 25.6 Å². The minimum atomic E-state index is -0.480. The van der Waals surface area contributed by atoms with Crippen molar-refractivity contribution in [3.05, 3.63) is 0 Å². The summed E-state index contributed by atoms with van der Waals surface area (Å²) in [5, 5.41) is 9.11. The molecule has 0 unspecified atom stereocenters.